The second-order valence-electron chi connectivity index (χ2n) is 6.75. The third-order valence-corrected chi connectivity index (χ3v) is 17.1. The monoisotopic (exact) mass is 608 g/mol. The summed E-state index contributed by atoms with van der Waals surface area (Å²) in [5.41, 5.74) is 2.89. The zero-order chi connectivity index (χ0) is 23.2. The van der Waals surface area contributed by atoms with Gasteiger partial charge in [0.15, 0.2) is 0 Å². The molecule has 0 N–H and O–H groups in total. The second kappa shape index (κ2) is 11.4. The Morgan fingerprint density at radius 1 is 0.375 bits per heavy atom. The number of hydrogen-bond acceptors (Lipinski definition) is 10. The first-order valence-electron chi connectivity index (χ1n) is 9.56. The molecule has 0 amide bonds. The number of hydrogen-bond donors (Lipinski definition) is 0. The lowest BCUT2D eigenvalue weighted by atomic mass is 10.1. The SMILES string of the molecule is CSc1c(C)c(C)c(SC)c2c1SC(=C1Sc3c(SC)c(SC)c(SC)c(SC)c3S1)S2. The molecule has 0 spiro atoms. The Morgan fingerprint density at radius 3 is 0.875 bits per heavy atom. The molecule has 2 aliphatic heterocycles. The molecule has 4 rings (SSSR count). The van der Waals surface area contributed by atoms with Crippen LogP contribution in [0.2, 0.25) is 0 Å². The maximum Gasteiger partial charge on any atom is 0.0707 e. The molecule has 0 bridgehead atoms. The number of fused-ring (bicyclic) bond motifs is 2. The Bertz CT molecular complexity index is 1040. The highest BCUT2D eigenvalue weighted by Crippen LogP contribution is 2.67. The van der Waals surface area contributed by atoms with Gasteiger partial charge in [-0.1, -0.05) is 47.0 Å². The van der Waals surface area contributed by atoms with Crippen LogP contribution in [-0.2, 0) is 0 Å². The summed E-state index contributed by atoms with van der Waals surface area (Å²) >= 11 is 19.4. The lowest BCUT2D eigenvalue weighted by molar-refractivity contribution is 0.884. The van der Waals surface area contributed by atoms with Crippen molar-refractivity contribution >= 4 is 118 Å². The quantitative estimate of drug-likeness (QED) is 0.289. The Morgan fingerprint density at radius 2 is 0.625 bits per heavy atom. The van der Waals surface area contributed by atoms with E-state index < -0.39 is 0 Å². The molecule has 0 radical (unpaired) electrons. The Kier molecular flexibility index (Phi) is 9.51. The fourth-order valence-electron chi connectivity index (χ4n) is 3.69. The summed E-state index contributed by atoms with van der Waals surface area (Å²) in [7, 11) is 0. The minimum atomic E-state index is 1.44. The molecule has 0 saturated carbocycles. The lowest BCUT2D eigenvalue weighted by Crippen LogP contribution is -1.93. The molecular formula is C22H24S10. The zero-order valence-electron chi connectivity index (χ0n) is 19.1. The van der Waals surface area contributed by atoms with Crippen LogP contribution in [0, 0.1) is 13.8 Å². The molecule has 0 aliphatic carbocycles. The molecule has 10 heteroatoms. The van der Waals surface area contributed by atoms with Crippen molar-refractivity contribution in [3.63, 3.8) is 0 Å². The van der Waals surface area contributed by atoms with Crippen LogP contribution >= 0.6 is 118 Å². The molecule has 32 heavy (non-hydrogen) atoms. The highest BCUT2D eigenvalue weighted by Gasteiger charge is 2.35. The third-order valence-electron chi connectivity index (χ3n) is 5.27. The second-order valence-corrected chi connectivity index (χ2v) is 16.2. The Hall–Kier alpha value is 1.68. The van der Waals surface area contributed by atoms with Crippen molar-refractivity contribution in [1.82, 2.24) is 0 Å². The fourth-order valence-corrected chi connectivity index (χ4v) is 16.6. The van der Waals surface area contributed by atoms with Crippen molar-refractivity contribution in [1.29, 1.82) is 0 Å². The van der Waals surface area contributed by atoms with Gasteiger partial charge in [0.2, 0.25) is 0 Å². The molecule has 0 nitrogen and oxygen atoms in total. The van der Waals surface area contributed by atoms with Gasteiger partial charge in [-0.15, -0.1) is 70.6 Å². The van der Waals surface area contributed by atoms with Crippen LogP contribution in [0.1, 0.15) is 11.1 Å². The molecule has 2 heterocycles. The summed E-state index contributed by atoms with van der Waals surface area (Å²) in [6.45, 7) is 4.58. The summed E-state index contributed by atoms with van der Waals surface area (Å²) in [4.78, 5) is 14.6. The predicted octanol–water partition coefficient (Wildman–Crippen LogP) is 10.9. The summed E-state index contributed by atoms with van der Waals surface area (Å²) in [6.07, 6.45) is 13.3. The summed E-state index contributed by atoms with van der Waals surface area (Å²) in [5.74, 6) is 0. The molecular weight excluding hydrogens is 585 g/mol. The van der Waals surface area contributed by atoms with Gasteiger partial charge < -0.3 is 0 Å². The van der Waals surface area contributed by atoms with Crippen LogP contribution in [0.15, 0.2) is 57.4 Å². The maximum absolute atomic E-state index is 2.29. The van der Waals surface area contributed by atoms with E-state index >= 15 is 0 Å². The van der Waals surface area contributed by atoms with E-state index in [2.05, 4.69) is 51.4 Å². The lowest BCUT2D eigenvalue weighted by Gasteiger charge is -2.18. The van der Waals surface area contributed by atoms with Crippen molar-refractivity contribution < 1.29 is 0 Å². The molecule has 2 aromatic carbocycles. The summed E-state index contributed by atoms with van der Waals surface area (Å²) in [6, 6.07) is 0. The van der Waals surface area contributed by atoms with Gasteiger partial charge in [0.1, 0.15) is 0 Å². The minimum absolute atomic E-state index is 1.44. The molecule has 0 fully saturated rings. The van der Waals surface area contributed by atoms with Crippen LogP contribution < -0.4 is 0 Å². The van der Waals surface area contributed by atoms with Gasteiger partial charge in [0.05, 0.1) is 8.47 Å². The van der Waals surface area contributed by atoms with Crippen LogP contribution in [0.25, 0.3) is 0 Å². The van der Waals surface area contributed by atoms with Crippen LogP contribution in [0.3, 0.4) is 0 Å². The van der Waals surface area contributed by atoms with Crippen molar-refractivity contribution in [2.45, 2.75) is 62.8 Å². The van der Waals surface area contributed by atoms with Gasteiger partial charge >= 0.3 is 0 Å². The maximum atomic E-state index is 2.29. The average molecular weight is 609 g/mol. The normalized spacial score (nSPS) is 15.0. The Labute approximate surface area is 235 Å². The first kappa shape index (κ1) is 26.7. The summed E-state index contributed by atoms with van der Waals surface area (Å²) in [5, 5.41) is 0. The van der Waals surface area contributed by atoms with E-state index in [4.69, 9.17) is 0 Å². The molecule has 0 saturated heterocycles. The number of benzene rings is 2. The highest BCUT2D eigenvalue weighted by atomic mass is 32.2. The van der Waals surface area contributed by atoms with E-state index in [9.17, 15) is 0 Å². The Balaban J connectivity index is 1.84. The average Bonchev–Trinajstić information content (AvgIpc) is 3.43. The van der Waals surface area contributed by atoms with Crippen LogP contribution in [0.4, 0.5) is 0 Å². The van der Waals surface area contributed by atoms with E-state index in [0.717, 1.165) is 0 Å². The molecule has 172 valence electrons. The molecule has 2 aliphatic rings. The molecule has 0 aromatic heterocycles. The number of rotatable bonds is 6. The van der Waals surface area contributed by atoms with Gasteiger partial charge in [-0.3, -0.25) is 0 Å². The summed E-state index contributed by atoms with van der Waals surface area (Å²) < 4.78 is 2.91. The van der Waals surface area contributed by atoms with Gasteiger partial charge in [0, 0.05) is 49.0 Å². The van der Waals surface area contributed by atoms with Crippen molar-refractivity contribution in [3.8, 4) is 0 Å². The van der Waals surface area contributed by atoms with E-state index in [0.29, 0.717) is 0 Å². The fraction of sp³-hybridized carbons (Fsp3) is 0.364. The van der Waals surface area contributed by atoms with Gasteiger partial charge in [0.25, 0.3) is 0 Å². The van der Waals surface area contributed by atoms with Gasteiger partial charge in [-0.25, -0.2) is 0 Å². The van der Waals surface area contributed by atoms with Gasteiger partial charge in [-0.05, 0) is 62.5 Å². The van der Waals surface area contributed by atoms with E-state index in [1.54, 1.807) is 0 Å². The van der Waals surface area contributed by atoms with Crippen LogP contribution in [0.5, 0.6) is 0 Å². The van der Waals surface area contributed by atoms with E-state index in [-0.39, 0.29) is 0 Å². The third kappa shape index (κ3) is 4.47. The minimum Gasteiger partial charge on any atom is -0.128 e. The van der Waals surface area contributed by atoms with Crippen molar-refractivity contribution in [2.24, 2.45) is 0 Å². The van der Waals surface area contributed by atoms with E-state index in [1.807, 2.05) is 118 Å². The standard InChI is InChI=1S/C22H24S10/c1-9-10(2)12(24-4)18-17(11(9)23-3)29-21(30-18)22-31-19-15(27-7)13(25-5)14(26-6)16(28-8)20(19)32-22/h1-8H3. The van der Waals surface area contributed by atoms with Crippen LogP contribution in [-0.4, -0.2) is 37.5 Å². The predicted molar refractivity (Wildman–Crippen MR) is 163 cm³/mol. The largest absolute Gasteiger partial charge is 0.128 e. The topological polar surface area (TPSA) is 0 Å². The van der Waals surface area contributed by atoms with Crippen molar-refractivity contribution in [2.75, 3.05) is 37.5 Å². The highest BCUT2D eigenvalue weighted by molar-refractivity contribution is 8.31. The first-order valence-corrected chi connectivity index (χ1v) is 20.2. The molecule has 0 atom stereocenters. The number of thioether (sulfide) groups is 10. The van der Waals surface area contributed by atoms with Crippen molar-refractivity contribution in [3.05, 3.63) is 19.6 Å². The van der Waals surface area contributed by atoms with E-state index in [1.165, 1.54) is 68.6 Å². The van der Waals surface area contributed by atoms with Gasteiger partial charge in [-0.2, -0.15) is 0 Å². The first-order chi connectivity index (χ1) is 15.4. The smallest absolute Gasteiger partial charge is 0.0707 e. The zero-order valence-corrected chi connectivity index (χ0v) is 27.2. The molecule has 2 aromatic rings. The molecule has 0 unspecified atom stereocenters.